The van der Waals surface area contributed by atoms with Gasteiger partial charge in [0.15, 0.2) is 0 Å². The SMILES string of the molecule is CCc1ccc(NC(=O)N2CCN(c3ccc(F)c(Cl)c3)CC2)cc1. The molecule has 1 aliphatic heterocycles. The van der Waals surface area contributed by atoms with Crippen LogP contribution in [0.1, 0.15) is 12.5 Å². The molecule has 0 aromatic heterocycles. The number of piperazine rings is 1. The van der Waals surface area contributed by atoms with Crippen LogP contribution in [0.4, 0.5) is 20.6 Å². The Morgan fingerprint density at radius 2 is 1.80 bits per heavy atom. The quantitative estimate of drug-likeness (QED) is 0.879. The molecule has 0 atom stereocenters. The van der Waals surface area contributed by atoms with Gasteiger partial charge < -0.3 is 15.1 Å². The van der Waals surface area contributed by atoms with Crippen molar-refractivity contribution in [3.8, 4) is 0 Å². The minimum atomic E-state index is -0.419. The summed E-state index contributed by atoms with van der Waals surface area (Å²) in [7, 11) is 0. The maximum Gasteiger partial charge on any atom is 0.321 e. The van der Waals surface area contributed by atoms with Crippen molar-refractivity contribution in [3.05, 3.63) is 58.9 Å². The van der Waals surface area contributed by atoms with E-state index in [1.165, 1.54) is 11.6 Å². The average molecular weight is 362 g/mol. The minimum absolute atomic E-state index is 0.0963. The van der Waals surface area contributed by atoms with Crippen LogP contribution in [0.15, 0.2) is 42.5 Å². The zero-order valence-electron chi connectivity index (χ0n) is 14.1. The van der Waals surface area contributed by atoms with Crippen LogP contribution in [0, 0.1) is 5.82 Å². The molecule has 2 aromatic carbocycles. The Kier molecular flexibility index (Phi) is 5.43. The highest BCUT2D eigenvalue weighted by molar-refractivity contribution is 6.31. The molecule has 0 saturated carbocycles. The monoisotopic (exact) mass is 361 g/mol. The summed E-state index contributed by atoms with van der Waals surface area (Å²) in [6.07, 6.45) is 0.976. The van der Waals surface area contributed by atoms with Gasteiger partial charge in [0.05, 0.1) is 5.02 Å². The van der Waals surface area contributed by atoms with Gasteiger partial charge in [0.25, 0.3) is 0 Å². The van der Waals surface area contributed by atoms with E-state index in [0.717, 1.165) is 17.8 Å². The van der Waals surface area contributed by atoms with E-state index in [1.807, 2.05) is 24.3 Å². The molecule has 25 heavy (non-hydrogen) atoms. The summed E-state index contributed by atoms with van der Waals surface area (Å²) in [6, 6.07) is 12.5. The Morgan fingerprint density at radius 3 is 2.40 bits per heavy atom. The third-order valence-electron chi connectivity index (χ3n) is 4.45. The number of urea groups is 1. The van der Waals surface area contributed by atoms with E-state index in [1.54, 1.807) is 17.0 Å². The smallest absolute Gasteiger partial charge is 0.321 e. The first-order valence-corrected chi connectivity index (χ1v) is 8.79. The Hall–Kier alpha value is -2.27. The molecule has 1 heterocycles. The maximum atomic E-state index is 13.3. The van der Waals surface area contributed by atoms with Crippen molar-refractivity contribution >= 4 is 29.0 Å². The Bertz CT molecular complexity index is 743. The number of aryl methyl sites for hydroxylation is 1. The number of benzene rings is 2. The molecule has 0 spiro atoms. The van der Waals surface area contributed by atoms with E-state index < -0.39 is 5.82 Å². The van der Waals surface area contributed by atoms with Crippen molar-refractivity contribution in [2.75, 3.05) is 36.4 Å². The predicted octanol–water partition coefficient (Wildman–Crippen LogP) is 4.40. The van der Waals surface area contributed by atoms with Crippen molar-refractivity contribution in [2.24, 2.45) is 0 Å². The molecule has 3 rings (SSSR count). The lowest BCUT2D eigenvalue weighted by Crippen LogP contribution is -2.50. The van der Waals surface area contributed by atoms with Crippen molar-refractivity contribution in [3.63, 3.8) is 0 Å². The van der Waals surface area contributed by atoms with Crippen molar-refractivity contribution in [2.45, 2.75) is 13.3 Å². The van der Waals surface area contributed by atoms with Crippen LogP contribution < -0.4 is 10.2 Å². The average Bonchev–Trinajstić information content (AvgIpc) is 2.65. The van der Waals surface area contributed by atoms with Gasteiger partial charge in [0.2, 0.25) is 0 Å². The van der Waals surface area contributed by atoms with Gasteiger partial charge in [-0.1, -0.05) is 30.7 Å². The van der Waals surface area contributed by atoms with Crippen molar-refractivity contribution in [1.29, 1.82) is 0 Å². The van der Waals surface area contributed by atoms with Gasteiger partial charge in [-0.3, -0.25) is 0 Å². The third kappa shape index (κ3) is 4.23. The van der Waals surface area contributed by atoms with Crippen LogP contribution in [-0.4, -0.2) is 37.1 Å². The molecule has 2 aromatic rings. The van der Waals surface area contributed by atoms with E-state index >= 15 is 0 Å². The lowest BCUT2D eigenvalue weighted by Gasteiger charge is -2.36. The zero-order chi connectivity index (χ0) is 17.8. The first-order valence-electron chi connectivity index (χ1n) is 8.41. The molecule has 0 aliphatic carbocycles. The first-order chi connectivity index (χ1) is 12.1. The molecule has 0 radical (unpaired) electrons. The first kappa shape index (κ1) is 17.5. The lowest BCUT2D eigenvalue weighted by molar-refractivity contribution is 0.208. The summed E-state index contributed by atoms with van der Waals surface area (Å²) >= 11 is 5.85. The van der Waals surface area contributed by atoms with Gasteiger partial charge in [-0.2, -0.15) is 0 Å². The van der Waals surface area contributed by atoms with Gasteiger partial charge >= 0.3 is 6.03 Å². The van der Waals surface area contributed by atoms with E-state index in [2.05, 4.69) is 17.1 Å². The summed E-state index contributed by atoms with van der Waals surface area (Å²) in [6.45, 7) is 4.68. The number of amides is 2. The number of anilines is 2. The van der Waals surface area contributed by atoms with Crippen molar-refractivity contribution < 1.29 is 9.18 Å². The summed E-state index contributed by atoms with van der Waals surface area (Å²) in [5.41, 5.74) is 2.92. The molecule has 1 N–H and O–H groups in total. The number of nitrogens with one attached hydrogen (secondary N) is 1. The van der Waals surface area contributed by atoms with Crippen molar-refractivity contribution in [1.82, 2.24) is 4.90 Å². The van der Waals surface area contributed by atoms with E-state index in [4.69, 9.17) is 11.6 Å². The summed E-state index contributed by atoms with van der Waals surface area (Å²) in [4.78, 5) is 16.3. The normalized spacial score (nSPS) is 14.5. The van der Waals surface area contributed by atoms with Crippen LogP contribution in [0.2, 0.25) is 5.02 Å². The summed E-state index contributed by atoms with van der Waals surface area (Å²) in [5.74, 6) is -0.419. The second-order valence-electron chi connectivity index (χ2n) is 6.05. The maximum absolute atomic E-state index is 13.3. The molecule has 6 heteroatoms. The fraction of sp³-hybridized carbons (Fsp3) is 0.316. The fourth-order valence-electron chi connectivity index (χ4n) is 2.88. The number of halogens is 2. The molecular formula is C19H21ClFN3O. The number of rotatable bonds is 3. The van der Waals surface area contributed by atoms with Crippen LogP contribution in [0.5, 0.6) is 0 Å². The zero-order valence-corrected chi connectivity index (χ0v) is 14.9. The second-order valence-corrected chi connectivity index (χ2v) is 6.46. The topological polar surface area (TPSA) is 35.6 Å². The fourth-order valence-corrected chi connectivity index (χ4v) is 3.05. The Balaban J connectivity index is 1.55. The number of nitrogens with zero attached hydrogens (tertiary/aromatic N) is 2. The van der Waals surface area contributed by atoms with Crippen LogP contribution in [-0.2, 0) is 6.42 Å². The van der Waals surface area contributed by atoms with Gasteiger partial charge in [-0.15, -0.1) is 0 Å². The molecule has 1 aliphatic rings. The molecule has 0 unspecified atom stereocenters. The predicted molar refractivity (Wildman–Crippen MR) is 100 cm³/mol. The Morgan fingerprint density at radius 1 is 1.12 bits per heavy atom. The van der Waals surface area contributed by atoms with Gasteiger partial charge in [0.1, 0.15) is 5.82 Å². The van der Waals surface area contributed by atoms with E-state index in [0.29, 0.717) is 26.2 Å². The largest absolute Gasteiger partial charge is 0.368 e. The van der Waals surface area contributed by atoms with Crippen LogP contribution in [0.25, 0.3) is 0 Å². The lowest BCUT2D eigenvalue weighted by atomic mass is 10.1. The summed E-state index contributed by atoms with van der Waals surface area (Å²) in [5, 5.41) is 3.05. The number of hydrogen-bond donors (Lipinski definition) is 1. The van der Waals surface area contributed by atoms with Crippen LogP contribution >= 0.6 is 11.6 Å². The number of carbonyl (C=O) groups excluding carboxylic acids is 1. The number of carbonyl (C=O) groups is 1. The van der Waals surface area contributed by atoms with Crippen LogP contribution in [0.3, 0.4) is 0 Å². The minimum Gasteiger partial charge on any atom is -0.368 e. The standard InChI is InChI=1S/C19H21ClFN3O/c1-2-14-3-5-15(6-4-14)22-19(25)24-11-9-23(10-12-24)16-7-8-18(21)17(20)13-16/h3-8,13H,2,9-12H2,1H3,(H,22,25). The molecule has 1 fully saturated rings. The van der Waals surface area contributed by atoms with Gasteiger partial charge in [-0.05, 0) is 42.3 Å². The highest BCUT2D eigenvalue weighted by atomic mass is 35.5. The highest BCUT2D eigenvalue weighted by Crippen LogP contribution is 2.23. The molecule has 1 saturated heterocycles. The highest BCUT2D eigenvalue weighted by Gasteiger charge is 2.21. The molecular weight excluding hydrogens is 341 g/mol. The van der Waals surface area contributed by atoms with E-state index in [9.17, 15) is 9.18 Å². The molecule has 4 nitrogen and oxygen atoms in total. The van der Waals surface area contributed by atoms with Gasteiger partial charge in [-0.25, -0.2) is 9.18 Å². The summed E-state index contributed by atoms with van der Waals surface area (Å²) < 4.78 is 13.3. The van der Waals surface area contributed by atoms with Gasteiger partial charge in [0, 0.05) is 37.6 Å². The molecule has 132 valence electrons. The number of hydrogen-bond acceptors (Lipinski definition) is 2. The van der Waals surface area contributed by atoms with E-state index in [-0.39, 0.29) is 11.1 Å². The second kappa shape index (κ2) is 7.74. The molecule has 0 bridgehead atoms. The Labute approximate surface area is 152 Å². The molecule has 2 amide bonds. The third-order valence-corrected chi connectivity index (χ3v) is 4.74.